The van der Waals surface area contributed by atoms with E-state index >= 15 is 0 Å². The number of nitrogens with one attached hydrogen (secondary N) is 1. The van der Waals surface area contributed by atoms with Crippen LogP contribution in [0.4, 0.5) is 17.6 Å². The summed E-state index contributed by atoms with van der Waals surface area (Å²) in [6.45, 7) is 11.1. The summed E-state index contributed by atoms with van der Waals surface area (Å²) in [6, 6.07) is 3.23. The number of rotatable bonds is 9. The zero-order chi connectivity index (χ0) is 28.9. The average molecular weight is 548 g/mol. The summed E-state index contributed by atoms with van der Waals surface area (Å²) in [5.74, 6) is -1.93. The first kappa shape index (κ1) is 28.7. The van der Waals surface area contributed by atoms with Gasteiger partial charge >= 0.3 is 6.18 Å². The van der Waals surface area contributed by atoms with Gasteiger partial charge in [0.2, 0.25) is 0 Å². The summed E-state index contributed by atoms with van der Waals surface area (Å²) in [6.07, 6.45) is -0.0240. The standard InChI is InChI=1S/C28H33F4N5O2/c1-6-11-34-20(13-16-7-8-19(29)17(12-16)25(33)39)15(2)35-21(38)14-37-24-22(23(36-37)28(30,31)32)18-9-10-27(24,5)26(18,3)4/h6-8,11-13,15,18,21,35,38H,1,9-10,14H2,2-5H3,(H2,33,39)/b20-13+,34-11-/t15-,18?,21?,27?/m0/s1. The Bertz CT molecular complexity index is 1360. The second-order valence-corrected chi connectivity index (χ2v) is 11.0. The molecule has 3 unspecified atom stereocenters. The van der Waals surface area contributed by atoms with E-state index in [4.69, 9.17) is 5.73 Å². The van der Waals surface area contributed by atoms with Crippen LogP contribution in [0.1, 0.15) is 79.3 Å². The van der Waals surface area contributed by atoms with Crippen LogP contribution in [-0.2, 0) is 18.1 Å². The second-order valence-electron chi connectivity index (χ2n) is 11.0. The number of aromatic nitrogens is 2. The number of aliphatic imine (C=N–C) groups is 1. The molecule has 1 heterocycles. The maximum Gasteiger partial charge on any atom is 0.435 e. The van der Waals surface area contributed by atoms with E-state index in [2.05, 4.69) is 22.0 Å². The van der Waals surface area contributed by atoms with Gasteiger partial charge in [-0.05, 0) is 54.9 Å². The van der Waals surface area contributed by atoms with E-state index in [9.17, 15) is 27.5 Å². The molecule has 1 aromatic heterocycles. The van der Waals surface area contributed by atoms with Crippen LogP contribution in [0, 0.1) is 11.2 Å². The minimum atomic E-state index is -4.61. The minimum Gasteiger partial charge on any atom is -0.377 e. The Morgan fingerprint density at radius 2 is 2.08 bits per heavy atom. The number of aliphatic hydroxyl groups is 1. The van der Waals surface area contributed by atoms with Gasteiger partial charge in [0.05, 0.1) is 17.8 Å². The van der Waals surface area contributed by atoms with Crippen molar-refractivity contribution in [2.75, 3.05) is 0 Å². The topological polar surface area (TPSA) is 106 Å². The third-order valence-corrected chi connectivity index (χ3v) is 8.49. The molecule has 2 aliphatic rings. The van der Waals surface area contributed by atoms with Gasteiger partial charge in [-0.1, -0.05) is 39.5 Å². The Hall–Kier alpha value is -3.31. The number of halogens is 4. The van der Waals surface area contributed by atoms with Gasteiger partial charge in [0.15, 0.2) is 5.69 Å². The van der Waals surface area contributed by atoms with Gasteiger partial charge in [-0.3, -0.25) is 19.8 Å². The molecule has 0 saturated heterocycles. The van der Waals surface area contributed by atoms with Gasteiger partial charge < -0.3 is 10.8 Å². The molecule has 0 spiro atoms. The first-order chi connectivity index (χ1) is 18.1. The minimum absolute atomic E-state index is 0.206. The van der Waals surface area contributed by atoms with Crippen LogP contribution in [0.2, 0.25) is 0 Å². The number of allylic oxidation sites excluding steroid dienone is 1. The van der Waals surface area contributed by atoms with E-state index in [1.165, 1.54) is 29.1 Å². The number of nitrogens with zero attached hydrogens (tertiary/aromatic N) is 3. The summed E-state index contributed by atoms with van der Waals surface area (Å²) < 4.78 is 57.2. The van der Waals surface area contributed by atoms with Crippen LogP contribution < -0.4 is 11.1 Å². The highest BCUT2D eigenvalue weighted by Crippen LogP contribution is 2.69. The molecule has 1 amide bonds. The number of aliphatic hydroxyl groups excluding tert-OH is 1. The normalized spacial score (nSPS) is 23.7. The molecule has 4 N–H and O–H groups in total. The zero-order valence-corrected chi connectivity index (χ0v) is 22.3. The highest BCUT2D eigenvalue weighted by atomic mass is 19.4. The number of nitrogens with two attached hydrogens (primary N) is 1. The highest BCUT2D eigenvalue weighted by molar-refractivity contribution is 5.93. The van der Waals surface area contributed by atoms with Gasteiger partial charge in [0, 0.05) is 28.9 Å². The number of carbonyl (C=O) groups is 1. The Kier molecular flexibility index (Phi) is 7.37. The first-order valence-electron chi connectivity index (χ1n) is 12.7. The van der Waals surface area contributed by atoms with Crippen molar-refractivity contribution in [2.45, 2.75) is 76.9 Å². The molecule has 1 fully saturated rings. The fraction of sp³-hybridized carbons (Fsp3) is 0.464. The number of benzene rings is 1. The van der Waals surface area contributed by atoms with Gasteiger partial charge in [-0.15, -0.1) is 0 Å². The Morgan fingerprint density at radius 1 is 1.38 bits per heavy atom. The van der Waals surface area contributed by atoms with E-state index in [0.29, 0.717) is 23.4 Å². The van der Waals surface area contributed by atoms with Crippen LogP contribution in [0.25, 0.3) is 6.08 Å². The number of primary amides is 1. The number of amides is 1. The molecule has 4 atom stereocenters. The fourth-order valence-electron chi connectivity index (χ4n) is 6.15. The van der Waals surface area contributed by atoms with Crippen LogP contribution >= 0.6 is 0 Å². The number of hydrogen-bond donors (Lipinski definition) is 3. The zero-order valence-electron chi connectivity index (χ0n) is 22.3. The molecule has 1 aromatic carbocycles. The average Bonchev–Trinajstić information content (AvgIpc) is 3.38. The van der Waals surface area contributed by atoms with E-state index in [1.54, 1.807) is 13.0 Å². The highest BCUT2D eigenvalue weighted by Gasteiger charge is 2.64. The molecule has 2 aliphatic carbocycles. The van der Waals surface area contributed by atoms with Gasteiger partial charge in [0.1, 0.15) is 12.0 Å². The molecule has 210 valence electrons. The lowest BCUT2D eigenvalue weighted by Gasteiger charge is -2.36. The molecular weight excluding hydrogens is 514 g/mol. The van der Waals surface area contributed by atoms with Crippen molar-refractivity contribution in [1.82, 2.24) is 15.1 Å². The van der Waals surface area contributed by atoms with Crippen molar-refractivity contribution in [3.63, 3.8) is 0 Å². The maximum atomic E-state index is 14.0. The number of fused-ring (bicyclic) bond motifs is 5. The van der Waals surface area contributed by atoms with Crippen molar-refractivity contribution in [2.24, 2.45) is 16.1 Å². The lowest BCUT2D eigenvalue weighted by molar-refractivity contribution is -0.142. The number of carbonyl (C=O) groups excluding carboxylic acids is 1. The van der Waals surface area contributed by atoms with E-state index < -0.39 is 41.3 Å². The third kappa shape index (κ3) is 4.93. The number of hydrogen-bond acceptors (Lipinski definition) is 5. The Labute approximate surface area is 224 Å². The monoisotopic (exact) mass is 547 g/mol. The first-order valence-corrected chi connectivity index (χ1v) is 12.7. The molecule has 1 saturated carbocycles. The predicted molar refractivity (Wildman–Crippen MR) is 141 cm³/mol. The molecule has 39 heavy (non-hydrogen) atoms. The second kappa shape index (κ2) is 10.0. The quantitative estimate of drug-likeness (QED) is 0.236. The molecule has 0 aliphatic heterocycles. The van der Waals surface area contributed by atoms with Crippen LogP contribution in [0.15, 0.2) is 41.5 Å². The summed E-state index contributed by atoms with van der Waals surface area (Å²) in [7, 11) is 0. The third-order valence-electron chi connectivity index (χ3n) is 8.49. The van der Waals surface area contributed by atoms with E-state index in [0.717, 1.165) is 12.5 Å². The summed E-state index contributed by atoms with van der Waals surface area (Å²) >= 11 is 0. The van der Waals surface area contributed by atoms with E-state index in [1.807, 2.05) is 20.8 Å². The summed E-state index contributed by atoms with van der Waals surface area (Å²) in [5.41, 5.74) is 4.82. The summed E-state index contributed by atoms with van der Waals surface area (Å²) in [5, 5.41) is 17.8. The van der Waals surface area contributed by atoms with Crippen LogP contribution in [0.5, 0.6) is 0 Å². The van der Waals surface area contributed by atoms with E-state index in [-0.39, 0.29) is 29.0 Å². The van der Waals surface area contributed by atoms with Crippen molar-refractivity contribution in [3.05, 3.63) is 70.4 Å². The van der Waals surface area contributed by atoms with Crippen molar-refractivity contribution >= 4 is 18.2 Å². The SMILES string of the molecule is C=C/C=N\C(=C\c1ccc(F)c(C(N)=O)c1)[C@H](C)NC(O)Cn1nc(C(F)(F)F)c2c1C1(C)CCC2C1(C)C. The molecule has 4 rings (SSSR count). The predicted octanol–water partition coefficient (Wildman–Crippen LogP) is 4.91. The van der Waals surface area contributed by atoms with Crippen LogP contribution in [-0.4, -0.2) is 39.3 Å². The molecule has 11 heteroatoms. The van der Waals surface area contributed by atoms with Gasteiger partial charge in [0.25, 0.3) is 5.91 Å². The van der Waals surface area contributed by atoms with Gasteiger partial charge in [-0.25, -0.2) is 4.39 Å². The molecule has 2 bridgehead atoms. The van der Waals surface area contributed by atoms with Crippen molar-refractivity contribution < 1.29 is 27.5 Å². The number of alkyl halides is 3. The van der Waals surface area contributed by atoms with Crippen molar-refractivity contribution in [1.29, 1.82) is 0 Å². The lowest BCUT2D eigenvalue weighted by atomic mass is 9.70. The Morgan fingerprint density at radius 3 is 2.69 bits per heavy atom. The lowest BCUT2D eigenvalue weighted by Crippen LogP contribution is -2.42. The summed E-state index contributed by atoms with van der Waals surface area (Å²) in [4.78, 5) is 15.8. The fourth-order valence-corrected chi connectivity index (χ4v) is 6.15. The van der Waals surface area contributed by atoms with Crippen LogP contribution in [0.3, 0.4) is 0 Å². The maximum absolute atomic E-state index is 14.0. The Balaban J connectivity index is 1.62. The molecule has 7 nitrogen and oxygen atoms in total. The molecule has 2 aromatic rings. The van der Waals surface area contributed by atoms with Gasteiger partial charge in [-0.2, -0.15) is 18.3 Å². The van der Waals surface area contributed by atoms with Crippen molar-refractivity contribution in [3.8, 4) is 0 Å². The smallest absolute Gasteiger partial charge is 0.377 e. The molecule has 0 radical (unpaired) electrons. The largest absolute Gasteiger partial charge is 0.435 e. The molecular formula is C28H33F4N5O2.